The number of esters is 1. The molecule has 2 aliphatic rings. The second-order valence-electron chi connectivity index (χ2n) is 6.04. The number of cyclic esters (lactones) is 1. The van der Waals surface area contributed by atoms with Gasteiger partial charge >= 0.3 is 5.97 Å². The van der Waals surface area contributed by atoms with E-state index in [4.69, 9.17) is 10.5 Å². The van der Waals surface area contributed by atoms with E-state index in [9.17, 15) is 9.90 Å². The van der Waals surface area contributed by atoms with Crippen LogP contribution < -0.4 is 5.73 Å². The second-order valence-corrected chi connectivity index (χ2v) is 6.04. The molecule has 2 aliphatic heterocycles. The summed E-state index contributed by atoms with van der Waals surface area (Å²) in [6.45, 7) is 4.75. The molecular formula is C16H23ClN2O3. The standard InChI is InChI=1S/C16H22N2O3.ClH/c1-10-12(2-3-13-14(10)9-21-16(13)20)15(19)8-18-6-4-11(17)5-7-18;/h2-3,11,15,19H,4-9,17H2,1H3;1H/t15-;/m0./s1. The van der Waals surface area contributed by atoms with Gasteiger partial charge in [-0.1, -0.05) is 6.07 Å². The van der Waals surface area contributed by atoms with Gasteiger partial charge in [-0.2, -0.15) is 0 Å². The highest BCUT2D eigenvalue weighted by Crippen LogP contribution is 2.29. The largest absolute Gasteiger partial charge is 0.457 e. The van der Waals surface area contributed by atoms with Crippen LogP contribution in [0.3, 0.4) is 0 Å². The molecule has 6 heteroatoms. The Kier molecular flexibility index (Phi) is 5.45. The van der Waals surface area contributed by atoms with Crippen molar-refractivity contribution >= 4 is 18.4 Å². The summed E-state index contributed by atoms with van der Waals surface area (Å²) in [5, 5.41) is 10.5. The average Bonchev–Trinajstić information content (AvgIpc) is 2.84. The van der Waals surface area contributed by atoms with Crippen LogP contribution >= 0.6 is 12.4 Å². The predicted molar refractivity (Wildman–Crippen MR) is 86.2 cm³/mol. The van der Waals surface area contributed by atoms with Gasteiger partial charge in [-0.15, -0.1) is 12.4 Å². The zero-order chi connectivity index (χ0) is 15.0. The number of hydrogen-bond donors (Lipinski definition) is 2. The summed E-state index contributed by atoms with van der Waals surface area (Å²) < 4.78 is 5.06. The minimum atomic E-state index is -0.541. The Morgan fingerprint density at radius 1 is 1.41 bits per heavy atom. The van der Waals surface area contributed by atoms with Gasteiger partial charge in [0.15, 0.2) is 0 Å². The number of nitrogens with two attached hydrogens (primary N) is 1. The van der Waals surface area contributed by atoms with Gasteiger partial charge < -0.3 is 20.5 Å². The SMILES string of the molecule is Cc1c([C@@H](O)CN2CCC(N)CC2)ccc2c1COC2=O.Cl. The topological polar surface area (TPSA) is 75.8 Å². The number of rotatable bonds is 3. The zero-order valence-electron chi connectivity index (χ0n) is 12.7. The van der Waals surface area contributed by atoms with Crippen LogP contribution in [-0.4, -0.2) is 41.7 Å². The van der Waals surface area contributed by atoms with Crippen LogP contribution in [0, 0.1) is 6.92 Å². The maximum Gasteiger partial charge on any atom is 0.338 e. The Morgan fingerprint density at radius 3 is 2.77 bits per heavy atom. The zero-order valence-corrected chi connectivity index (χ0v) is 13.6. The van der Waals surface area contributed by atoms with Gasteiger partial charge in [0, 0.05) is 18.2 Å². The van der Waals surface area contributed by atoms with Gasteiger partial charge in [0.2, 0.25) is 0 Å². The molecule has 22 heavy (non-hydrogen) atoms. The van der Waals surface area contributed by atoms with Crippen molar-refractivity contribution in [1.82, 2.24) is 4.90 Å². The van der Waals surface area contributed by atoms with Gasteiger partial charge in [-0.25, -0.2) is 4.79 Å². The number of ether oxygens (including phenoxy) is 1. The number of nitrogens with zero attached hydrogens (tertiary/aromatic N) is 1. The molecule has 1 saturated heterocycles. The molecule has 5 nitrogen and oxygen atoms in total. The average molecular weight is 327 g/mol. The third-order valence-corrected chi connectivity index (χ3v) is 4.63. The molecule has 0 aromatic heterocycles. The number of β-amino-alcohol motifs (C(OH)–C–C–N with tert-alkyl or cyclic N) is 1. The third-order valence-electron chi connectivity index (χ3n) is 4.63. The van der Waals surface area contributed by atoms with Crippen LogP contribution in [0.25, 0.3) is 0 Å². The molecule has 1 aromatic rings. The number of carbonyl (C=O) groups is 1. The van der Waals surface area contributed by atoms with E-state index in [1.165, 1.54) is 0 Å². The Labute approximate surface area is 136 Å². The van der Waals surface area contributed by atoms with Crippen molar-refractivity contribution < 1.29 is 14.6 Å². The van der Waals surface area contributed by atoms with Gasteiger partial charge in [-0.3, -0.25) is 0 Å². The molecule has 0 aliphatic carbocycles. The highest BCUT2D eigenvalue weighted by molar-refractivity contribution is 5.93. The fourth-order valence-electron chi connectivity index (χ4n) is 3.21. The van der Waals surface area contributed by atoms with Crippen molar-refractivity contribution in [2.24, 2.45) is 5.73 Å². The minimum absolute atomic E-state index is 0. The number of benzene rings is 1. The smallest absolute Gasteiger partial charge is 0.338 e. The summed E-state index contributed by atoms with van der Waals surface area (Å²) in [7, 11) is 0. The van der Waals surface area contributed by atoms with Crippen LogP contribution in [0.2, 0.25) is 0 Å². The maximum atomic E-state index is 11.5. The van der Waals surface area contributed by atoms with Crippen LogP contribution in [0.4, 0.5) is 0 Å². The van der Waals surface area contributed by atoms with Crippen LogP contribution in [-0.2, 0) is 11.3 Å². The lowest BCUT2D eigenvalue weighted by molar-refractivity contribution is 0.0535. The molecule has 2 heterocycles. The molecule has 0 unspecified atom stereocenters. The summed E-state index contributed by atoms with van der Waals surface area (Å²) >= 11 is 0. The van der Waals surface area contributed by atoms with Crippen molar-refractivity contribution in [2.75, 3.05) is 19.6 Å². The number of aliphatic hydroxyl groups excluding tert-OH is 1. The highest BCUT2D eigenvalue weighted by atomic mass is 35.5. The van der Waals surface area contributed by atoms with Gasteiger partial charge in [0.1, 0.15) is 6.61 Å². The monoisotopic (exact) mass is 326 g/mol. The molecule has 3 rings (SSSR count). The van der Waals surface area contributed by atoms with Crippen LogP contribution in [0.1, 0.15) is 46.0 Å². The third kappa shape index (κ3) is 3.27. The molecular weight excluding hydrogens is 304 g/mol. The van der Waals surface area contributed by atoms with E-state index in [2.05, 4.69) is 4.90 Å². The first-order chi connectivity index (χ1) is 10.1. The number of carbonyl (C=O) groups excluding carboxylic acids is 1. The molecule has 0 radical (unpaired) electrons. The van der Waals surface area contributed by atoms with Crippen molar-refractivity contribution in [1.29, 1.82) is 0 Å². The van der Waals surface area contributed by atoms with Crippen molar-refractivity contribution in [3.63, 3.8) is 0 Å². The molecule has 1 fully saturated rings. The summed E-state index contributed by atoms with van der Waals surface area (Å²) in [6, 6.07) is 3.91. The van der Waals surface area contributed by atoms with Crippen molar-refractivity contribution in [3.8, 4) is 0 Å². The van der Waals surface area contributed by atoms with Crippen molar-refractivity contribution in [3.05, 3.63) is 34.4 Å². The molecule has 0 amide bonds. The Balaban J connectivity index is 0.00000176. The minimum Gasteiger partial charge on any atom is -0.457 e. The Morgan fingerprint density at radius 2 is 2.09 bits per heavy atom. The van der Waals surface area contributed by atoms with E-state index < -0.39 is 6.10 Å². The molecule has 122 valence electrons. The lowest BCUT2D eigenvalue weighted by Gasteiger charge is -2.32. The summed E-state index contributed by atoms with van der Waals surface area (Å²) in [4.78, 5) is 13.8. The number of halogens is 1. The van der Waals surface area contributed by atoms with Gasteiger partial charge in [-0.05, 0) is 50.0 Å². The number of aliphatic hydroxyl groups is 1. The first kappa shape index (κ1) is 17.2. The van der Waals surface area contributed by atoms with Crippen LogP contribution in [0.5, 0.6) is 0 Å². The molecule has 1 aromatic carbocycles. The summed E-state index contributed by atoms with van der Waals surface area (Å²) in [6.07, 6.45) is 1.43. The van der Waals surface area contributed by atoms with E-state index in [0.29, 0.717) is 24.8 Å². The van der Waals surface area contributed by atoms with Gasteiger partial charge in [0.25, 0.3) is 0 Å². The predicted octanol–water partition coefficient (Wildman–Crippen LogP) is 1.54. The lowest BCUT2D eigenvalue weighted by atomic mass is 9.95. The molecule has 0 saturated carbocycles. The Bertz CT molecular complexity index is 557. The molecule has 1 atom stereocenters. The van der Waals surface area contributed by atoms with E-state index in [0.717, 1.165) is 42.6 Å². The second kappa shape index (κ2) is 6.96. The number of piperidine rings is 1. The lowest BCUT2D eigenvalue weighted by Crippen LogP contribution is -2.41. The van der Waals surface area contributed by atoms with E-state index in [-0.39, 0.29) is 18.4 Å². The fraction of sp³-hybridized carbons (Fsp3) is 0.562. The summed E-state index contributed by atoms with van der Waals surface area (Å²) in [5.74, 6) is -0.265. The normalized spacial score (nSPS) is 20.2. The molecule has 0 bridgehead atoms. The highest BCUT2D eigenvalue weighted by Gasteiger charge is 2.26. The molecule has 3 N–H and O–H groups in total. The van der Waals surface area contributed by atoms with E-state index in [1.54, 1.807) is 6.07 Å². The molecule has 0 spiro atoms. The first-order valence-electron chi connectivity index (χ1n) is 7.51. The van der Waals surface area contributed by atoms with E-state index in [1.807, 2.05) is 13.0 Å². The van der Waals surface area contributed by atoms with Gasteiger partial charge in [0.05, 0.1) is 11.7 Å². The van der Waals surface area contributed by atoms with Crippen LogP contribution in [0.15, 0.2) is 12.1 Å². The number of hydrogen-bond acceptors (Lipinski definition) is 5. The van der Waals surface area contributed by atoms with E-state index >= 15 is 0 Å². The number of likely N-dealkylation sites (tertiary alicyclic amines) is 1. The quantitative estimate of drug-likeness (QED) is 0.824. The maximum absolute atomic E-state index is 11.5. The Hall–Kier alpha value is -1.14. The fourth-order valence-corrected chi connectivity index (χ4v) is 3.21. The van der Waals surface area contributed by atoms with Crippen molar-refractivity contribution in [2.45, 2.75) is 38.5 Å². The first-order valence-corrected chi connectivity index (χ1v) is 7.51. The summed E-state index contributed by atoms with van der Waals surface area (Å²) in [5.41, 5.74) is 9.31. The number of fused-ring (bicyclic) bond motifs is 1.